The highest BCUT2D eigenvalue weighted by molar-refractivity contribution is 5.95. The van der Waals surface area contributed by atoms with E-state index >= 15 is 0 Å². The molecular formula is C24H24N2O3. The monoisotopic (exact) mass is 388 g/mol. The third-order valence-corrected chi connectivity index (χ3v) is 6.28. The summed E-state index contributed by atoms with van der Waals surface area (Å²) in [6, 6.07) is 20.2. The van der Waals surface area contributed by atoms with Gasteiger partial charge in [0, 0.05) is 36.4 Å². The molecule has 2 aliphatic heterocycles. The van der Waals surface area contributed by atoms with Gasteiger partial charge in [0.15, 0.2) is 0 Å². The van der Waals surface area contributed by atoms with Crippen LogP contribution in [0.1, 0.15) is 28.4 Å². The number of aromatic nitrogens is 1. The number of carbonyl (C=O) groups excluding carboxylic acids is 1. The second-order valence-electron chi connectivity index (χ2n) is 7.82. The normalized spacial score (nSPS) is 23.8. The molecule has 0 radical (unpaired) electrons. The highest BCUT2D eigenvalue weighted by Gasteiger charge is 2.46. The predicted octanol–water partition coefficient (Wildman–Crippen LogP) is 3.89. The number of hydrogen-bond acceptors (Lipinski definition) is 4. The second kappa shape index (κ2) is 7.48. The van der Waals surface area contributed by atoms with Crippen LogP contribution in [-0.2, 0) is 4.74 Å². The number of nitrogens with zero attached hydrogens (tertiary/aromatic N) is 2. The van der Waals surface area contributed by atoms with Crippen molar-refractivity contribution in [2.24, 2.45) is 5.92 Å². The standard InChI is InChI=1S/C24H24N2O3/c1-28-18-8-10-21-17(13-18)7-9-22(25-21)24(27)26-14-19(16-5-3-2-4-6-16)20-15-29-12-11-23(20)26/h2-10,13,19-20,23H,11-12,14-15H2,1H3. The van der Waals surface area contributed by atoms with Crippen LogP contribution < -0.4 is 4.74 Å². The largest absolute Gasteiger partial charge is 0.497 e. The smallest absolute Gasteiger partial charge is 0.272 e. The molecule has 29 heavy (non-hydrogen) atoms. The fourth-order valence-electron chi connectivity index (χ4n) is 4.79. The molecule has 3 aromatic rings. The van der Waals surface area contributed by atoms with E-state index in [0.717, 1.165) is 23.1 Å². The van der Waals surface area contributed by atoms with Crippen molar-refractivity contribution in [3.8, 4) is 5.75 Å². The zero-order valence-electron chi connectivity index (χ0n) is 16.5. The topological polar surface area (TPSA) is 51.7 Å². The van der Waals surface area contributed by atoms with E-state index in [0.29, 0.717) is 37.3 Å². The molecule has 2 aliphatic rings. The van der Waals surface area contributed by atoms with Gasteiger partial charge in [0.25, 0.3) is 5.91 Å². The Morgan fingerprint density at radius 2 is 2.00 bits per heavy atom. The molecule has 5 heteroatoms. The van der Waals surface area contributed by atoms with Crippen molar-refractivity contribution in [3.63, 3.8) is 0 Å². The van der Waals surface area contributed by atoms with Crippen LogP contribution in [0.2, 0.25) is 0 Å². The summed E-state index contributed by atoms with van der Waals surface area (Å²) in [5.41, 5.74) is 2.59. The van der Waals surface area contributed by atoms with Gasteiger partial charge in [0.05, 0.1) is 19.2 Å². The van der Waals surface area contributed by atoms with E-state index in [-0.39, 0.29) is 11.9 Å². The van der Waals surface area contributed by atoms with Crippen molar-refractivity contribution in [3.05, 3.63) is 71.9 Å². The zero-order valence-corrected chi connectivity index (χ0v) is 16.5. The number of pyridine rings is 1. The Morgan fingerprint density at radius 1 is 1.14 bits per heavy atom. The number of rotatable bonds is 3. The summed E-state index contributed by atoms with van der Waals surface area (Å²) in [7, 11) is 1.65. The fraction of sp³-hybridized carbons (Fsp3) is 0.333. The minimum absolute atomic E-state index is 0.0121. The van der Waals surface area contributed by atoms with Crippen molar-refractivity contribution in [2.75, 3.05) is 26.9 Å². The van der Waals surface area contributed by atoms with Crippen molar-refractivity contribution in [1.29, 1.82) is 0 Å². The van der Waals surface area contributed by atoms with Gasteiger partial charge in [-0.3, -0.25) is 4.79 Å². The molecule has 148 valence electrons. The van der Waals surface area contributed by atoms with Crippen LogP contribution >= 0.6 is 0 Å². The molecule has 0 aliphatic carbocycles. The van der Waals surface area contributed by atoms with Gasteiger partial charge < -0.3 is 14.4 Å². The van der Waals surface area contributed by atoms with Gasteiger partial charge in [-0.2, -0.15) is 0 Å². The van der Waals surface area contributed by atoms with Crippen molar-refractivity contribution in [1.82, 2.24) is 9.88 Å². The number of benzene rings is 2. The lowest BCUT2D eigenvalue weighted by Gasteiger charge is -2.32. The predicted molar refractivity (Wildman–Crippen MR) is 111 cm³/mol. The Morgan fingerprint density at radius 3 is 2.83 bits per heavy atom. The van der Waals surface area contributed by atoms with Gasteiger partial charge in [-0.05, 0) is 36.2 Å². The van der Waals surface area contributed by atoms with Crippen LogP contribution in [0.15, 0.2) is 60.7 Å². The lowest BCUT2D eigenvalue weighted by atomic mass is 9.84. The highest BCUT2D eigenvalue weighted by Crippen LogP contribution is 2.41. The summed E-state index contributed by atoms with van der Waals surface area (Å²) in [5, 5.41) is 0.966. The van der Waals surface area contributed by atoms with Crippen molar-refractivity contribution in [2.45, 2.75) is 18.4 Å². The summed E-state index contributed by atoms with van der Waals surface area (Å²) < 4.78 is 11.1. The van der Waals surface area contributed by atoms with Crippen LogP contribution in [0, 0.1) is 5.92 Å². The van der Waals surface area contributed by atoms with E-state index in [2.05, 4.69) is 29.2 Å². The minimum Gasteiger partial charge on any atom is -0.497 e. The van der Waals surface area contributed by atoms with E-state index in [1.165, 1.54) is 5.56 Å². The molecule has 0 N–H and O–H groups in total. The quantitative estimate of drug-likeness (QED) is 0.683. The number of carbonyl (C=O) groups is 1. The summed E-state index contributed by atoms with van der Waals surface area (Å²) >= 11 is 0. The first-order chi connectivity index (χ1) is 14.2. The average molecular weight is 388 g/mol. The third-order valence-electron chi connectivity index (χ3n) is 6.28. The molecule has 3 atom stereocenters. The van der Waals surface area contributed by atoms with Crippen LogP contribution in [0.3, 0.4) is 0 Å². The maximum Gasteiger partial charge on any atom is 0.272 e. The third kappa shape index (κ3) is 3.25. The van der Waals surface area contributed by atoms with E-state index in [1.807, 2.05) is 41.3 Å². The van der Waals surface area contributed by atoms with E-state index < -0.39 is 0 Å². The number of methoxy groups -OCH3 is 1. The second-order valence-corrected chi connectivity index (χ2v) is 7.82. The van der Waals surface area contributed by atoms with Gasteiger partial charge in [0.2, 0.25) is 0 Å². The molecule has 0 spiro atoms. The lowest BCUT2D eigenvalue weighted by Crippen LogP contribution is -2.42. The molecule has 2 saturated heterocycles. The Kier molecular flexibility index (Phi) is 4.68. The Balaban J connectivity index is 1.46. The Labute approximate surface area is 170 Å². The zero-order chi connectivity index (χ0) is 19.8. The first kappa shape index (κ1) is 18.1. The van der Waals surface area contributed by atoms with Crippen LogP contribution in [-0.4, -0.2) is 48.7 Å². The summed E-state index contributed by atoms with van der Waals surface area (Å²) in [4.78, 5) is 20.1. The fourth-order valence-corrected chi connectivity index (χ4v) is 4.79. The molecule has 2 fully saturated rings. The van der Waals surface area contributed by atoms with Gasteiger partial charge in [0.1, 0.15) is 11.4 Å². The number of likely N-dealkylation sites (tertiary alicyclic amines) is 1. The lowest BCUT2D eigenvalue weighted by molar-refractivity contribution is 0.0187. The maximum absolute atomic E-state index is 13.4. The van der Waals surface area contributed by atoms with Crippen molar-refractivity contribution < 1.29 is 14.3 Å². The van der Waals surface area contributed by atoms with Crippen LogP contribution in [0.5, 0.6) is 5.75 Å². The Hall–Kier alpha value is -2.92. The molecule has 3 heterocycles. The molecule has 2 aromatic carbocycles. The SMILES string of the molecule is COc1ccc2nc(C(=O)N3CC(c4ccccc4)C4COCCC43)ccc2c1. The number of ether oxygens (including phenoxy) is 2. The number of amides is 1. The van der Waals surface area contributed by atoms with Gasteiger partial charge >= 0.3 is 0 Å². The van der Waals surface area contributed by atoms with Crippen molar-refractivity contribution >= 4 is 16.8 Å². The summed E-state index contributed by atoms with van der Waals surface area (Å²) in [6.07, 6.45) is 0.879. The molecule has 5 rings (SSSR count). The summed E-state index contributed by atoms with van der Waals surface area (Å²) in [5.74, 6) is 1.43. The number of hydrogen-bond donors (Lipinski definition) is 0. The maximum atomic E-state index is 13.4. The number of fused-ring (bicyclic) bond motifs is 2. The van der Waals surface area contributed by atoms with Gasteiger partial charge in [-0.25, -0.2) is 4.98 Å². The highest BCUT2D eigenvalue weighted by atomic mass is 16.5. The summed E-state index contributed by atoms with van der Waals surface area (Å²) in [6.45, 7) is 2.13. The minimum atomic E-state index is 0.0121. The van der Waals surface area contributed by atoms with E-state index in [9.17, 15) is 4.79 Å². The molecule has 0 saturated carbocycles. The van der Waals surface area contributed by atoms with Gasteiger partial charge in [-0.15, -0.1) is 0 Å². The van der Waals surface area contributed by atoms with E-state index in [4.69, 9.17) is 9.47 Å². The van der Waals surface area contributed by atoms with Crippen LogP contribution in [0.25, 0.3) is 10.9 Å². The molecule has 3 unspecified atom stereocenters. The van der Waals surface area contributed by atoms with E-state index in [1.54, 1.807) is 7.11 Å². The molecule has 1 amide bonds. The first-order valence-electron chi connectivity index (χ1n) is 10.1. The first-order valence-corrected chi connectivity index (χ1v) is 10.1. The van der Waals surface area contributed by atoms with Gasteiger partial charge in [-0.1, -0.05) is 36.4 Å². The average Bonchev–Trinajstić information content (AvgIpc) is 3.18. The molecular weight excluding hydrogens is 364 g/mol. The van der Waals surface area contributed by atoms with Crippen LogP contribution in [0.4, 0.5) is 0 Å². The molecule has 5 nitrogen and oxygen atoms in total. The Bertz CT molecular complexity index is 1040. The molecule has 1 aromatic heterocycles. The molecule has 0 bridgehead atoms.